The van der Waals surface area contributed by atoms with Crippen LogP contribution in [-0.4, -0.2) is 0 Å². The fourth-order valence-corrected chi connectivity index (χ4v) is 8.77. The second-order valence-electron chi connectivity index (χ2n) is 13.2. The molecule has 3 aliphatic rings. The summed E-state index contributed by atoms with van der Waals surface area (Å²) in [5.74, 6) is 1.90. The van der Waals surface area contributed by atoms with Gasteiger partial charge in [0.1, 0.15) is 11.5 Å². The number of benzene rings is 7. The van der Waals surface area contributed by atoms with Gasteiger partial charge in [0.05, 0.1) is 5.41 Å². The van der Waals surface area contributed by atoms with Crippen molar-refractivity contribution in [2.45, 2.75) is 24.7 Å². The van der Waals surface area contributed by atoms with Crippen molar-refractivity contribution in [2.75, 3.05) is 0 Å². The van der Waals surface area contributed by atoms with Gasteiger partial charge in [0.15, 0.2) is 0 Å². The second-order valence-corrected chi connectivity index (χ2v) is 13.2. The zero-order valence-electron chi connectivity index (χ0n) is 25.3. The minimum atomic E-state index is -0.403. The van der Waals surface area contributed by atoms with Gasteiger partial charge in [-0.3, -0.25) is 0 Å². The first-order valence-electron chi connectivity index (χ1n) is 15.9. The van der Waals surface area contributed by atoms with E-state index in [1.165, 1.54) is 72.0 Å². The number of fused-ring (bicyclic) bond motifs is 14. The van der Waals surface area contributed by atoms with Crippen LogP contribution in [0.15, 0.2) is 146 Å². The fraction of sp³-hybridized carbons (Fsp3) is 0.0909. The Balaban J connectivity index is 1.28. The first-order valence-corrected chi connectivity index (χ1v) is 15.9. The van der Waals surface area contributed by atoms with Gasteiger partial charge in [-0.25, -0.2) is 0 Å². The molecule has 1 atom stereocenters. The van der Waals surface area contributed by atoms with Crippen LogP contribution in [0.4, 0.5) is 0 Å². The molecule has 0 N–H and O–H groups in total. The summed E-state index contributed by atoms with van der Waals surface area (Å²) in [6, 6.07) is 53.9. The lowest BCUT2D eigenvalue weighted by Crippen LogP contribution is -2.26. The average Bonchev–Trinajstić information content (AvgIpc) is 3.55. The fourth-order valence-electron chi connectivity index (χ4n) is 8.77. The summed E-state index contributed by atoms with van der Waals surface area (Å²) in [7, 11) is 0. The molecule has 0 fully saturated rings. The van der Waals surface area contributed by atoms with Gasteiger partial charge in [-0.2, -0.15) is 0 Å². The van der Waals surface area contributed by atoms with Crippen LogP contribution in [-0.2, 0) is 10.8 Å². The Bertz CT molecular complexity index is 2390. The third kappa shape index (κ3) is 3.03. The average molecular weight is 575 g/mol. The molecule has 212 valence electrons. The van der Waals surface area contributed by atoms with Crippen molar-refractivity contribution >= 4 is 10.8 Å². The molecule has 45 heavy (non-hydrogen) atoms. The van der Waals surface area contributed by atoms with Crippen molar-refractivity contribution in [3.63, 3.8) is 0 Å². The molecule has 1 unspecified atom stereocenters. The summed E-state index contributed by atoms with van der Waals surface area (Å²) >= 11 is 0. The zero-order valence-corrected chi connectivity index (χ0v) is 25.3. The van der Waals surface area contributed by atoms with Gasteiger partial charge >= 0.3 is 0 Å². The number of rotatable bonds is 1. The van der Waals surface area contributed by atoms with Gasteiger partial charge in [-0.05, 0) is 73.0 Å². The molecule has 1 nitrogen and oxygen atoms in total. The molecule has 10 rings (SSSR count). The molecule has 0 amide bonds. The van der Waals surface area contributed by atoms with Crippen molar-refractivity contribution < 1.29 is 4.74 Å². The van der Waals surface area contributed by atoms with Crippen molar-refractivity contribution in [3.8, 4) is 44.9 Å². The van der Waals surface area contributed by atoms with E-state index in [2.05, 4.69) is 159 Å². The van der Waals surface area contributed by atoms with E-state index in [9.17, 15) is 0 Å². The van der Waals surface area contributed by atoms with Crippen molar-refractivity contribution in [2.24, 2.45) is 0 Å². The SMILES string of the molecule is CC1(C)c2ccccc2Oc2c(-c3ccc4c(c3)C3(c5ccccc5-4)c4ccccc4-c4c3ccc3ccccc43)cccc21. The number of hydrogen-bond acceptors (Lipinski definition) is 1. The number of para-hydroxylation sites is 2. The van der Waals surface area contributed by atoms with Crippen LogP contribution in [0.25, 0.3) is 44.2 Å². The van der Waals surface area contributed by atoms with E-state index in [-0.39, 0.29) is 5.41 Å². The summed E-state index contributed by atoms with van der Waals surface area (Å²) in [4.78, 5) is 0. The normalized spacial score (nSPS) is 17.6. The highest BCUT2D eigenvalue weighted by Gasteiger charge is 2.52. The molecule has 2 aliphatic carbocycles. The highest BCUT2D eigenvalue weighted by molar-refractivity contribution is 6.06. The van der Waals surface area contributed by atoms with Crippen LogP contribution in [0.3, 0.4) is 0 Å². The Labute approximate surface area is 263 Å². The Morgan fingerprint density at radius 3 is 1.96 bits per heavy atom. The Morgan fingerprint density at radius 2 is 1.09 bits per heavy atom. The highest BCUT2D eigenvalue weighted by Crippen LogP contribution is 2.64. The molecule has 7 aromatic carbocycles. The third-order valence-corrected chi connectivity index (χ3v) is 10.8. The summed E-state index contributed by atoms with van der Waals surface area (Å²) in [6.07, 6.45) is 0. The molecule has 7 aromatic rings. The topological polar surface area (TPSA) is 9.23 Å². The van der Waals surface area contributed by atoms with E-state index in [1.807, 2.05) is 0 Å². The summed E-state index contributed by atoms with van der Waals surface area (Å²) in [5, 5.41) is 2.59. The summed E-state index contributed by atoms with van der Waals surface area (Å²) < 4.78 is 6.76. The van der Waals surface area contributed by atoms with Gasteiger partial charge in [-0.15, -0.1) is 0 Å². The molecule has 1 heteroatoms. The smallest absolute Gasteiger partial charge is 0.139 e. The first kappa shape index (κ1) is 25.0. The van der Waals surface area contributed by atoms with E-state index < -0.39 is 5.41 Å². The van der Waals surface area contributed by atoms with Crippen molar-refractivity contribution in [1.29, 1.82) is 0 Å². The molecule has 1 heterocycles. The lowest BCUT2D eigenvalue weighted by molar-refractivity contribution is 0.419. The van der Waals surface area contributed by atoms with E-state index in [1.54, 1.807) is 0 Å². The van der Waals surface area contributed by atoms with Crippen molar-refractivity contribution in [3.05, 3.63) is 179 Å². The van der Waals surface area contributed by atoms with Crippen LogP contribution in [0.1, 0.15) is 47.2 Å². The quantitative estimate of drug-likeness (QED) is 0.189. The number of ether oxygens (including phenoxy) is 1. The molecule has 0 saturated carbocycles. The van der Waals surface area contributed by atoms with E-state index in [4.69, 9.17) is 4.74 Å². The van der Waals surface area contributed by atoms with Gasteiger partial charge in [-0.1, -0.05) is 147 Å². The van der Waals surface area contributed by atoms with Crippen LogP contribution in [0.5, 0.6) is 11.5 Å². The van der Waals surface area contributed by atoms with Crippen LogP contribution in [0.2, 0.25) is 0 Å². The standard InChI is InChI=1S/C44H30O/c1-43(2)36-19-9-10-21-40(36)45-42-30(16-11-20-38(42)43)28-22-24-32-31-14-5-7-17-34(31)44(39(32)26-28)35-18-8-6-15-33(35)41-29-13-4-3-12-27(29)23-25-37(41)44/h3-26H,1-2H3. The lowest BCUT2D eigenvalue weighted by Gasteiger charge is -2.35. The van der Waals surface area contributed by atoms with E-state index >= 15 is 0 Å². The van der Waals surface area contributed by atoms with Crippen molar-refractivity contribution in [1.82, 2.24) is 0 Å². The maximum Gasteiger partial charge on any atom is 0.139 e. The monoisotopic (exact) mass is 574 g/mol. The molecule has 1 spiro atoms. The van der Waals surface area contributed by atoms with E-state index in [0.717, 1.165) is 17.1 Å². The Kier molecular flexibility index (Phi) is 4.78. The molecule has 0 bridgehead atoms. The maximum absolute atomic E-state index is 6.76. The lowest BCUT2D eigenvalue weighted by atomic mass is 9.70. The second kappa shape index (κ2) is 8.61. The number of hydrogen-bond donors (Lipinski definition) is 0. The Hall–Kier alpha value is -5.40. The zero-order chi connectivity index (χ0) is 29.9. The molecular formula is C44H30O. The molecule has 0 radical (unpaired) electrons. The summed E-state index contributed by atoms with van der Waals surface area (Å²) in [6.45, 7) is 4.62. The minimum absolute atomic E-state index is 0.168. The molecular weight excluding hydrogens is 544 g/mol. The highest BCUT2D eigenvalue weighted by atomic mass is 16.5. The minimum Gasteiger partial charge on any atom is -0.456 e. The maximum atomic E-state index is 6.76. The largest absolute Gasteiger partial charge is 0.456 e. The van der Waals surface area contributed by atoms with Gasteiger partial charge in [0.2, 0.25) is 0 Å². The molecule has 0 saturated heterocycles. The third-order valence-electron chi connectivity index (χ3n) is 10.8. The summed E-state index contributed by atoms with van der Waals surface area (Å²) in [5.41, 5.74) is 14.9. The van der Waals surface area contributed by atoms with Crippen LogP contribution >= 0.6 is 0 Å². The molecule has 0 aromatic heterocycles. The van der Waals surface area contributed by atoms with Crippen LogP contribution in [0, 0.1) is 0 Å². The van der Waals surface area contributed by atoms with Gasteiger partial charge in [0.25, 0.3) is 0 Å². The van der Waals surface area contributed by atoms with Gasteiger partial charge < -0.3 is 4.74 Å². The molecule has 1 aliphatic heterocycles. The predicted molar refractivity (Wildman–Crippen MR) is 184 cm³/mol. The van der Waals surface area contributed by atoms with Gasteiger partial charge in [0, 0.05) is 22.1 Å². The van der Waals surface area contributed by atoms with E-state index in [0.29, 0.717) is 0 Å². The predicted octanol–water partition coefficient (Wildman–Crippen LogP) is 11.3. The Morgan fingerprint density at radius 1 is 0.444 bits per heavy atom. The van der Waals surface area contributed by atoms with Crippen LogP contribution < -0.4 is 4.74 Å². The first-order chi connectivity index (χ1) is 22.1.